The molecule has 1 rings (SSSR count). The standard InChI is InChI=1S/C8H11NOS/c1-6-4-7(5-11-6)8(10)2-3-9/h4-5H,2-3,9H2,1H3. The van der Waals surface area contributed by atoms with Gasteiger partial charge in [0.05, 0.1) is 0 Å². The topological polar surface area (TPSA) is 43.1 Å². The van der Waals surface area contributed by atoms with Crippen molar-refractivity contribution in [2.75, 3.05) is 6.54 Å². The van der Waals surface area contributed by atoms with Crippen molar-refractivity contribution in [2.24, 2.45) is 5.73 Å². The fraction of sp³-hybridized carbons (Fsp3) is 0.375. The highest BCUT2D eigenvalue weighted by atomic mass is 32.1. The summed E-state index contributed by atoms with van der Waals surface area (Å²) in [6, 6.07) is 1.91. The van der Waals surface area contributed by atoms with Crippen LogP contribution in [-0.2, 0) is 0 Å². The Hall–Kier alpha value is -0.670. The molecule has 0 radical (unpaired) electrons. The number of nitrogens with two attached hydrogens (primary N) is 1. The van der Waals surface area contributed by atoms with E-state index in [1.807, 2.05) is 18.4 Å². The molecule has 11 heavy (non-hydrogen) atoms. The third kappa shape index (κ3) is 2.13. The average Bonchev–Trinajstić information content (AvgIpc) is 2.36. The lowest BCUT2D eigenvalue weighted by Crippen LogP contribution is -2.06. The van der Waals surface area contributed by atoms with E-state index in [4.69, 9.17) is 5.73 Å². The van der Waals surface area contributed by atoms with Crippen LogP contribution in [0.5, 0.6) is 0 Å². The number of aryl methyl sites for hydroxylation is 1. The summed E-state index contributed by atoms with van der Waals surface area (Å²) in [5.41, 5.74) is 6.06. The van der Waals surface area contributed by atoms with E-state index >= 15 is 0 Å². The van der Waals surface area contributed by atoms with Gasteiger partial charge in [0.15, 0.2) is 5.78 Å². The zero-order valence-electron chi connectivity index (χ0n) is 6.46. The Morgan fingerprint density at radius 1 is 1.73 bits per heavy atom. The maximum atomic E-state index is 11.2. The van der Waals surface area contributed by atoms with Gasteiger partial charge in [-0.15, -0.1) is 11.3 Å². The van der Waals surface area contributed by atoms with Crippen molar-refractivity contribution >= 4 is 17.1 Å². The molecule has 1 heterocycles. The summed E-state index contributed by atoms with van der Waals surface area (Å²) in [5.74, 6) is 0.150. The van der Waals surface area contributed by atoms with Gasteiger partial charge < -0.3 is 5.73 Å². The Balaban J connectivity index is 2.69. The van der Waals surface area contributed by atoms with Gasteiger partial charge in [-0.1, -0.05) is 0 Å². The van der Waals surface area contributed by atoms with Crippen LogP contribution in [0.15, 0.2) is 11.4 Å². The van der Waals surface area contributed by atoms with Crippen LogP contribution in [0.4, 0.5) is 0 Å². The molecular weight excluding hydrogens is 158 g/mol. The number of carbonyl (C=O) groups excluding carboxylic acids is 1. The van der Waals surface area contributed by atoms with Crippen molar-refractivity contribution in [3.05, 3.63) is 21.9 Å². The molecule has 0 atom stereocenters. The molecule has 2 nitrogen and oxygen atoms in total. The van der Waals surface area contributed by atoms with Crippen LogP contribution in [0.2, 0.25) is 0 Å². The molecule has 0 aromatic carbocycles. The van der Waals surface area contributed by atoms with E-state index in [-0.39, 0.29) is 5.78 Å². The number of ketones is 1. The molecule has 1 aromatic rings. The summed E-state index contributed by atoms with van der Waals surface area (Å²) in [6.45, 7) is 2.43. The van der Waals surface area contributed by atoms with Crippen LogP contribution in [0.1, 0.15) is 21.7 Å². The lowest BCUT2D eigenvalue weighted by molar-refractivity contribution is 0.0986. The third-order valence-corrected chi connectivity index (χ3v) is 2.29. The second-order valence-corrected chi connectivity index (χ2v) is 3.52. The summed E-state index contributed by atoms with van der Waals surface area (Å²) in [4.78, 5) is 12.4. The molecule has 60 valence electrons. The normalized spacial score (nSPS) is 10.0. The van der Waals surface area contributed by atoms with E-state index in [0.29, 0.717) is 13.0 Å². The highest BCUT2D eigenvalue weighted by Crippen LogP contribution is 2.14. The Kier molecular flexibility index (Phi) is 2.79. The van der Waals surface area contributed by atoms with Gasteiger partial charge in [0.1, 0.15) is 0 Å². The molecule has 0 aliphatic rings. The zero-order valence-corrected chi connectivity index (χ0v) is 7.28. The number of rotatable bonds is 3. The summed E-state index contributed by atoms with van der Waals surface area (Å²) in [7, 11) is 0. The van der Waals surface area contributed by atoms with Gasteiger partial charge in [-0.05, 0) is 19.5 Å². The molecular formula is C8H11NOS. The first-order chi connectivity index (χ1) is 5.24. The Bertz CT molecular complexity index is 254. The van der Waals surface area contributed by atoms with Crippen LogP contribution in [-0.4, -0.2) is 12.3 Å². The van der Waals surface area contributed by atoms with E-state index in [1.165, 1.54) is 4.88 Å². The fourth-order valence-corrected chi connectivity index (χ4v) is 1.57. The van der Waals surface area contributed by atoms with Gasteiger partial charge in [-0.25, -0.2) is 0 Å². The molecule has 0 spiro atoms. The minimum Gasteiger partial charge on any atom is -0.330 e. The van der Waals surface area contributed by atoms with Crippen LogP contribution in [0.25, 0.3) is 0 Å². The van der Waals surface area contributed by atoms with Crippen LogP contribution >= 0.6 is 11.3 Å². The highest BCUT2D eigenvalue weighted by molar-refractivity contribution is 7.10. The summed E-state index contributed by atoms with van der Waals surface area (Å²) in [5, 5.41) is 1.88. The SMILES string of the molecule is Cc1cc(C(=O)CCN)cs1. The second-order valence-electron chi connectivity index (χ2n) is 2.41. The van der Waals surface area contributed by atoms with Gasteiger partial charge in [0, 0.05) is 22.2 Å². The number of Topliss-reactive ketones (excluding diaryl/α,β-unsaturated/α-hetero) is 1. The minimum atomic E-state index is 0.150. The minimum absolute atomic E-state index is 0.150. The molecule has 1 aromatic heterocycles. The van der Waals surface area contributed by atoms with Crippen LogP contribution in [0, 0.1) is 6.92 Å². The van der Waals surface area contributed by atoms with E-state index < -0.39 is 0 Å². The molecule has 3 heteroatoms. The number of thiophene rings is 1. The van der Waals surface area contributed by atoms with E-state index in [1.54, 1.807) is 11.3 Å². The maximum absolute atomic E-state index is 11.2. The Morgan fingerprint density at radius 2 is 2.45 bits per heavy atom. The van der Waals surface area contributed by atoms with Gasteiger partial charge in [0.2, 0.25) is 0 Å². The van der Waals surface area contributed by atoms with Crippen molar-refractivity contribution in [3.63, 3.8) is 0 Å². The van der Waals surface area contributed by atoms with E-state index in [9.17, 15) is 4.79 Å². The third-order valence-electron chi connectivity index (χ3n) is 1.42. The van der Waals surface area contributed by atoms with Crippen molar-refractivity contribution in [3.8, 4) is 0 Å². The monoisotopic (exact) mass is 169 g/mol. The van der Waals surface area contributed by atoms with Crippen molar-refractivity contribution in [2.45, 2.75) is 13.3 Å². The highest BCUT2D eigenvalue weighted by Gasteiger charge is 2.04. The van der Waals surface area contributed by atoms with Gasteiger partial charge in [-0.3, -0.25) is 4.79 Å². The average molecular weight is 169 g/mol. The summed E-state index contributed by atoms with van der Waals surface area (Å²) >= 11 is 1.60. The summed E-state index contributed by atoms with van der Waals surface area (Å²) in [6.07, 6.45) is 0.455. The molecule has 0 amide bonds. The summed E-state index contributed by atoms with van der Waals surface area (Å²) < 4.78 is 0. The fourth-order valence-electron chi connectivity index (χ4n) is 0.865. The first-order valence-electron chi connectivity index (χ1n) is 3.52. The largest absolute Gasteiger partial charge is 0.330 e. The number of carbonyl (C=O) groups is 1. The Labute approximate surface area is 70.0 Å². The van der Waals surface area contributed by atoms with Gasteiger partial charge >= 0.3 is 0 Å². The number of hydrogen-bond donors (Lipinski definition) is 1. The maximum Gasteiger partial charge on any atom is 0.164 e. The molecule has 0 saturated heterocycles. The Morgan fingerprint density at radius 3 is 2.91 bits per heavy atom. The lowest BCUT2D eigenvalue weighted by atomic mass is 10.1. The molecule has 0 unspecified atom stereocenters. The van der Waals surface area contributed by atoms with Gasteiger partial charge in [-0.2, -0.15) is 0 Å². The zero-order chi connectivity index (χ0) is 8.27. The predicted octanol–water partition coefficient (Wildman–Crippen LogP) is 1.59. The number of hydrogen-bond acceptors (Lipinski definition) is 3. The lowest BCUT2D eigenvalue weighted by Gasteiger charge is -1.91. The van der Waals surface area contributed by atoms with E-state index in [2.05, 4.69) is 0 Å². The van der Waals surface area contributed by atoms with Crippen LogP contribution in [0.3, 0.4) is 0 Å². The van der Waals surface area contributed by atoms with Crippen molar-refractivity contribution in [1.82, 2.24) is 0 Å². The molecule has 2 N–H and O–H groups in total. The predicted molar refractivity (Wildman–Crippen MR) is 47.1 cm³/mol. The molecule has 0 bridgehead atoms. The second kappa shape index (κ2) is 3.64. The molecule has 0 saturated carbocycles. The van der Waals surface area contributed by atoms with Crippen molar-refractivity contribution in [1.29, 1.82) is 0 Å². The van der Waals surface area contributed by atoms with Crippen LogP contribution < -0.4 is 5.73 Å². The first kappa shape index (κ1) is 8.43. The first-order valence-corrected chi connectivity index (χ1v) is 4.40. The molecule has 0 aliphatic carbocycles. The van der Waals surface area contributed by atoms with Crippen molar-refractivity contribution < 1.29 is 4.79 Å². The van der Waals surface area contributed by atoms with E-state index in [0.717, 1.165) is 5.56 Å². The quantitative estimate of drug-likeness (QED) is 0.698. The van der Waals surface area contributed by atoms with Gasteiger partial charge in [0.25, 0.3) is 0 Å². The smallest absolute Gasteiger partial charge is 0.164 e. The molecule has 0 aliphatic heterocycles. The molecule has 0 fully saturated rings.